The number of hydrogen-bond donors (Lipinski definition) is 0. The Kier molecular flexibility index (Phi) is 10.7. The molecule has 4 nitrogen and oxygen atoms in total. The highest BCUT2D eigenvalue weighted by atomic mass is 15.2. The third-order valence-electron chi connectivity index (χ3n) is 14.4. The van der Waals surface area contributed by atoms with E-state index in [0.29, 0.717) is 0 Å². The van der Waals surface area contributed by atoms with Crippen molar-refractivity contribution in [3.63, 3.8) is 0 Å². The molecule has 0 spiro atoms. The molecule has 8 aromatic carbocycles. The maximum absolute atomic E-state index is 2.63. The number of nitrogens with zero attached hydrogens (tertiary/aromatic N) is 4. The third-order valence-corrected chi connectivity index (χ3v) is 14.4. The van der Waals surface area contributed by atoms with Crippen LogP contribution < -0.4 is 19.6 Å². The molecule has 0 saturated carbocycles. The second-order valence-corrected chi connectivity index (χ2v) is 18.5. The van der Waals surface area contributed by atoms with Gasteiger partial charge in [0.15, 0.2) is 0 Å². The lowest BCUT2D eigenvalue weighted by atomic mass is 9.85. The minimum Gasteiger partial charge on any atom is -0.371 e. The normalized spacial score (nSPS) is 15.3. The fourth-order valence-electron chi connectivity index (χ4n) is 11.6. The van der Waals surface area contributed by atoms with Crippen LogP contribution in [0.15, 0.2) is 194 Å². The molecule has 12 rings (SSSR count). The van der Waals surface area contributed by atoms with Gasteiger partial charge in [0.25, 0.3) is 0 Å². The monoisotopic (exact) mass is 856 g/mol. The van der Waals surface area contributed by atoms with E-state index in [1.54, 1.807) is 0 Å². The first-order valence-corrected chi connectivity index (χ1v) is 24.3. The van der Waals surface area contributed by atoms with Gasteiger partial charge in [-0.2, -0.15) is 0 Å². The smallest absolute Gasteiger partial charge is 0.0468 e. The zero-order chi connectivity index (χ0) is 43.8. The molecule has 4 aliphatic heterocycles. The fraction of sp³-hybridized carbons (Fsp3) is 0.194. The average Bonchev–Trinajstić information content (AvgIpc) is 3.38. The van der Waals surface area contributed by atoms with Gasteiger partial charge in [-0.3, -0.25) is 0 Å². The number of hydrogen-bond acceptors (Lipinski definition) is 4. The summed E-state index contributed by atoms with van der Waals surface area (Å²) in [4.78, 5) is 10.2. The van der Waals surface area contributed by atoms with Gasteiger partial charge in [-0.05, 0) is 180 Å². The van der Waals surface area contributed by atoms with Crippen molar-refractivity contribution in [3.8, 4) is 0 Å². The van der Waals surface area contributed by atoms with Crippen LogP contribution in [-0.4, -0.2) is 26.2 Å². The lowest BCUT2D eigenvalue weighted by molar-refractivity contribution is 0.634. The summed E-state index contributed by atoms with van der Waals surface area (Å²) < 4.78 is 0. The molecule has 0 saturated heterocycles. The molecule has 0 amide bonds. The first-order valence-electron chi connectivity index (χ1n) is 24.3. The molecule has 324 valence electrons. The molecule has 4 heteroatoms. The lowest BCUT2D eigenvalue weighted by Gasteiger charge is -2.38. The van der Waals surface area contributed by atoms with Crippen LogP contribution in [0.4, 0.5) is 45.5 Å². The molecule has 0 fully saturated rings. The van der Waals surface area contributed by atoms with Crippen LogP contribution in [0.2, 0.25) is 0 Å². The number of aryl methyl sites for hydroxylation is 4. The number of rotatable bonds is 10. The third kappa shape index (κ3) is 7.54. The van der Waals surface area contributed by atoms with E-state index >= 15 is 0 Å². The van der Waals surface area contributed by atoms with Crippen LogP contribution in [-0.2, 0) is 25.7 Å². The summed E-state index contributed by atoms with van der Waals surface area (Å²) in [6.07, 6.45) is 9.43. The summed E-state index contributed by atoms with van der Waals surface area (Å²) in [5.74, 6) is 0. The van der Waals surface area contributed by atoms with Gasteiger partial charge < -0.3 is 19.6 Å². The Morgan fingerprint density at radius 3 is 0.879 bits per heavy atom. The summed E-state index contributed by atoms with van der Waals surface area (Å²) in [6.45, 7) is 4.71. The molecule has 8 aromatic rings. The van der Waals surface area contributed by atoms with Crippen LogP contribution in [0.1, 0.15) is 70.2 Å². The molecule has 0 aromatic heterocycles. The van der Waals surface area contributed by atoms with Gasteiger partial charge in [0.05, 0.1) is 0 Å². The van der Waals surface area contributed by atoms with Crippen molar-refractivity contribution in [2.24, 2.45) is 0 Å². The van der Waals surface area contributed by atoms with E-state index in [9.17, 15) is 0 Å². The van der Waals surface area contributed by atoms with Gasteiger partial charge in [-0.25, -0.2) is 0 Å². The topological polar surface area (TPSA) is 13.0 Å². The highest BCUT2D eigenvalue weighted by molar-refractivity contribution is 6.05. The second-order valence-electron chi connectivity index (χ2n) is 18.5. The summed E-state index contributed by atoms with van der Waals surface area (Å²) in [5.41, 5.74) is 23.3. The lowest BCUT2D eigenvalue weighted by Crippen LogP contribution is -2.34. The Hall–Kier alpha value is -7.30. The van der Waals surface area contributed by atoms with Crippen molar-refractivity contribution in [1.29, 1.82) is 0 Å². The standard InChI is InChI=1S/C62H56N4/c1-5-17-45(18-6-1)59(47-29-33-55(34-30-47)65(53-25-9-3-10-26-53)57-41-49-21-13-37-63-38-14-22-50(42-57)61(49)63)60(46-19-7-2-8-20-46)48-31-35-56(36-32-48)66(54-27-11-4-12-28-54)58-43-51-23-15-39-64-40-16-24-52(44-58)62(51)64/h1-12,17-20,25-36,41-44H,13-16,21-24,37-40H2/b60-59+. The van der Waals surface area contributed by atoms with Gasteiger partial charge in [0, 0.05) is 71.7 Å². The molecule has 0 bridgehead atoms. The molecule has 0 N–H and O–H groups in total. The van der Waals surface area contributed by atoms with E-state index < -0.39 is 0 Å². The van der Waals surface area contributed by atoms with E-state index in [0.717, 1.165) is 37.1 Å². The van der Waals surface area contributed by atoms with Gasteiger partial charge >= 0.3 is 0 Å². The van der Waals surface area contributed by atoms with Crippen molar-refractivity contribution < 1.29 is 0 Å². The maximum atomic E-state index is 2.63. The van der Waals surface area contributed by atoms with Crippen molar-refractivity contribution in [2.45, 2.75) is 51.4 Å². The maximum Gasteiger partial charge on any atom is 0.0468 e. The predicted octanol–water partition coefficient (Wildman–Crippen LogP) is 15.0. The van der Waals surface area contributed by atoms with Crippen LogP contribution in [0.5, 0.6) is 0 Å². The van der Waals surface area contributed by atoms with Crippen molar-refractivity contribution >= 4 is 56.6 Å². The van der Waals surface area contributed by atoms with Gasteiger partial charge in [-0.15, -0.1) is 0 Å². The molecule has 0 radical (unpaired) electrons. The minimum atomic E-state index is 1.14. The predicted molar refractivity (Wildman–Crippen MR) is 278 cm³/mol. The van der Waals surface area contributed by atoms with E-state index in [4.69, 9.17) is 0 Å². The van der Waals surface area contributed by atoms with E-state index in [1.165, 1.54) is 142 Å². The molecular formula is C62H56N4. The highest BCUT2D eigenvalue weighted by Gasteiger charge is 2.28. The zero-order valence-corrected chi connectivity index (χ0v) is 37.7. The van der Waals surface area contributed by atoms with Gasteiger partial charge in [0.1, 0.15) is 0 Å². The average molecular weight is 857 g/mol. The van der Waals surface area contributed by atoms with Crippen LogP contribution >= 0.6 is 0 Å². The quantitative estimate of drug-likeness (QED) is 0.127. The SMILES string of the molecule is c1ccc(/C(=C(/c2ccccc2)c2ccc(N(c3ccccc3)c3cc4c5c(c3)CCCN5CCC4)cc2)c2ccc(N(c3ccccc3)c3cc4c5c(c3)CCCN5CCC4)cc2)cc1. The van der Waals surface area contributed by atoms with Crippen LogP contribution in [0, 0.1) is 0 Å². The van der Waals surface area contributed by atoms with Crippen LogP contribution in [0.25, 0.3) is 11.1 Å². The second kappa shape index (κ2) is 17.6. The molecule has 0 aliphatic carbocycles. The van der Waals surface area contributed by atoms with E-state index in [2.05, 4.69) is 214 Å². The number of benzene rings is 8. The first-order chi connectivity index (χ1) is 32.7. The van der Waals surface area contributed by atoms with Crippen molar-refractivity contribution in [2.75, 3.05) is 45.8 Å². The highest BCUT2D eigenvalue weighted by Crippen LogP contribution is 2.46. The van der Waals surface area contributed by atoms with Gasteiger partial charge in [0.2, 0.25) is 0 Å². The first kappa shape index (κ1) is 40.2. The Morgan fingerprint density at radius 1 is 0.288 bits per heavy atom. The molecule has 0 atom stereocenters. The molecule has 4 aliphatic rings. The Morgan fingerprint density at radius 2 is 0.561 bits per heavy atom. The summed E-state index contributed by atoms with van der Waals surface area (Å²) in [6, 6.07) is 72.4. The zero-order valence-electron chi connectivity index (χ0n) is 37.7. The van der Waals surface area contributed by atoms with E-state index in [1.807, 2.05) is 0 Å². The van der Waals surface area contributed by atoms with Crippen LogP contribution in [0.3, 0.4) is 0 Å². The summed E-state index contributed by atoms with van der Waals surface area (Å²) in [5, 5.41) is 0. The molecule has 0 unspecified atom stereocenters. The number of para-hydroxylation sites is 2. The minimum absolute atomic E-state index is 1.14. The number of anilines is 8. The van der Waals surface area contributed by atoms with E-state index in [-0.39, 0.29) is 0 Å². The fourth-order valence-corrected chi connectivity index (χ4v) is 11.6. The molecule has 4 heterocycles. The summed E-state index contributed by atoms with van der Waals surface area (Å²) >= 11 is 0. The van der Waals surface area contributed by atoms with Crippen molar-refractivity contribution in [1.82, 2.24) is 0 Å². The summed E-state index contributed by atoms with van der Waals surface area (Å²) in [7, 11) is 0. The Labute approximate surface area is 390 Å². The van der Waals surface area contributed by atoms with Gasteiger partial charge in [-0.1, -0.05) is 121 Å². The largest absolute Gasteiger partial charge is 0.371 e. The Balaban J connectivity index is 0.982. The molecule has 66 heavy (non-hydrogen) atoms. The molecular weight excluding hydrogens is 801 g/mol. The Bertz CT molecular complexity index is 2740. The van der Waals surface area contributed by atoms with Crippen molar-refractivity contribution in [3.05, 3.63) is 239 Å².